The average molecular weight is 901 g/mol. The zero-order chi connectivity index (χ0) is 45.5. The number of likely N-dealkylation sites (tertiary alicyclic amines) is 1. The summed E-state index contributed by atoms with van der Waals surface area (Å²) in [6.07, 6.45) is 16.1. The number of unbranched alkanes of at least 4 members (excludes halogenated alkanes) is 9. The molecule has 7 atom stereocenters. The van der Waals surface area contributed by atoms with Crippen LogP contribution in [-0.2, 0) is 25.6 Å². The van der Waals surface area contributed by atoms with Gasteiger partial charge in [0, 0.05) is 68.2 Å². The number of hydrogen-bond donors (Lipinski definition) is 4. The van der Waals surface area contributed by atoms with Crippen LogP contribution in [0, 0.1) is 11.8 Å². The van der Waals surface area contributed by atoms with Gasteiger partial charge >= 0.3 is 0 Å². The lowest BCUT2D eigenvalue weighted by Gasteiger charge is -2.18. The van der Waals surface area contributed by atoms with Crippen molar-refractivity contribution in [2.45, 2.75) is 140 Å². The second kappa shape index (κ2) is 23.7. The molecule has 3 fully saturated rings. The Balaban J connectivity index is 0.968. The number of thiazole rings is 1. The highest BCUT2D eigenvalue weighted by Gasteiger charge is 2.49. The van der Waals surface area contributed by atoms with Gasteiger partial charge in [-0.25, -0.2) is 4.98 Å². The number of nitrogens with zero attached hydrogens (tertiary/aromatic N) is 2. The van der Waals surface area contributed by atoms with E-state index in [0.29, 0.717) is 18.5 Å². The number of nitrogens with one attached hydrogen (secondary N) is 4. The highest BCUT2D eigenvalue weighted by Crippen LogP contribution is 2.43. The Labute approximate surface area is 389 Å². The standard InChI is InChI=1S/C53H68N6O5S/c1-3-5-7-9-10-11-18-24-48(60)56-46(52(63)54-29-19-8-6-4-2)32-49-55-33-47(65-49)38-25-27-39(28-26-38)53(64)59-34-42(50(61)57-44-30-40(44)36-20-14-12-15-21-36)43(35-59)51(62)58-45-31-41(45)37-22-16-13-17-23-37/h12-17,20-23,25-28,33,40-46H,3-11,18-19,24,29-32,34-35H2,1-2H3,(H,54,63)(H,56,60)(H,57,61)(H,58,62)/t40-,41-,42-,43-,44+,45+,46?/m1/s1. The molecular formula is C53H68N6O5S. The molecule has 0 radical (unpaired) electrons. The maximum absolute atomic E-state index is 14.1. The Bertz CT molecular complexity index is 2110. The van der Waals surface area contributed by atoms with E-state index < -0.39 is 17.9 Å². The molecule has 2 heterocycles. The minimum absolute atomic E-state index is 0.00545. The van der Waals surface area contributed by atoms with E-state index in [0.717, 1.165) is 73.2 Å². The van der Waals surface area contributed by atoms with Crippen molar-refractivity contribution in [3.8, 4) is 10.4 Å². The summed E-state index contributed by atoms with van der Waals surface area (Å²) in [5.41, 5.74) is 3.71. The number of hydrogen-bond acceptors (Lipinski definition) is 7. The first-order valence-electron chi connectivity index (χ1n) is 24.3. The van der Waals surface area contributed by atoms with Crippen molar-refractivity contribution in [3.63, 3.8) is 0 Å². The lowest BCUT2D eigenvalue weighted by Crippen LogP contribution is -2.48. The quantitative estimate of drug-likeness (QED) is 0.0489. The topological polar surface area (TPSA) is 150 Å². The molecule has 7 rings (SSSR count). The molecule has 11 nitrogen and oxygen atoms in total. The van der Waals surface area contributed by atoms with Crippen LogP contribution in [0.3, 0.4) is 0 Å². The van der Waals surface area contributed by atoms with E-state index in [9.17, 15) is 24.0 Å². The van der Waals surface area contributed by atoms with Crippen molar-refractivity contribution in [2.24, 2.45) is 11.8 Å². The van der Waals surface area contributed by atoms with Gasteiger partial charge in [0.15, 0.2) is 0 Å². The molecule has 1 aromatic heterocycles. The number of carbonyl (C=O) groups excluding carboxylic acids is 5. The summed E-state index contributed by atoms with van der Waals surface area (Å²) in [5, 5.41) is 13.2. The first-order valence-corrected chi connectivity index (χ1v) is 25.2. The molecule has 4 aromatic rings. The van der Waals surface area contributed by atoms with Crippen LogP contribution in [0.15, 0.2) is 91.1 Å². The van der Waals surface area contributed by atoms with Gasteiger partial charge in [0.25, 0.3) is 5.91 Å². The van der Waals surface area contributed by atoms with Crippen LogP contribution in [0.5, 0.6) is 0 Å². The molecule has 1 unspecified atom stereocenters. The lowest BCUT2D eigenvalue weighted by molar-refractivity contribution is -0.133. The fraction of sp³-hybridized carbons (Fsp3) is 0.509. The number of benzene rings is 3. The molecule has 5 amide bonds. The predicted molar refractivity (Wildman–Crippen MR) is 257 cm³/mol. The Morgan fingerprint density at radius 2 is 1.22 bits per heavy atom. The fourth-order valence-corrected chi connectivity index (χ4v) is 10.2. The van der Waals surface area contributed by atoms with Crippen molar-refractivity contribution >= 4 is 40.9 Å². The zero-order valence-electron chi connectivity index (χ0n) is 38.3. The van der Waals surface area contributed by atoms with Gasteiger partial charge in [0.1, 0.15) is 6.04 Å². The average Bonchev–Trinajstić information content (AvgIpc) is 4.16. The highest BCUT2D eigenvalue weighted by atomic mass is 32.1. The van der Waals surface area contributed by atoms with Crippen LogP contribution in [0.2, 0.25) is 0 Å². The van der Waals surface area contributed by atoms with Crippen LogP contribution in [0.4, 0.5) is 0 Å². The zero-order valence-corrected chi connectivity index (χ0v) is 39.1. The lowest BCUT2D eigenvalue weighted by atomic mass is 9.94. The number of aromatic nitrogens is 1. The molecule has 0 bridgehead atoms. The summed E-state index contributed by atoms with van der Waals surface area (Å²) < 4.78 is 0. The van der Waals surface area contributed by atoms with Gasteiger partial charge in [0.2, 0.25) is 23.6 Å². The molecule has 0 spiro atoms. The molecule has 1 aliphatic heterocycles. The Kier molecular flexibility index (Phi) is 17.4. The molecule has 3 aliphatic rings. The molecule has 346 valence electrons. The van der Waals surface area contributed by atoms with Gasteiger partial charge in [-0.05, 0) is 54.5 Å². The molecule has 4 N–H and O–H groups in total. The van der Waals surface area contributed by atoms with Crippen LogP contribution in [0.1, 0.15) is 142 Å². The third kappa shape index (κ3) is 13.6. The Hall–Kier alpha value is -5.36. The van der Waals surface area contributed by atoms with E-state index in [4.69, 9.17) is 0 Å². The normalized spacial score (nSPS) is 21.3. The van der Waals surface area contributed by atoms with E-state index in [-0.39, 0.29) is 73.0 Å². The smallest absolute Gasteiger partial charge is 0.253 e. The molecule has 3 aromatic carbocycles. The van der Waals surface area contributed by atoms with E-state index in [1.54, 1.807) is 23.2 Å². The van der Waals surface area contributed by atoms with Gasteiger partial charge in [-0.3, -0.25) is 24.0 Å². The molecule has 65 heavy (non-hydrogen) atoms. The Morgan fingerprint density at radius 3 is 1.78 bits per heavy atom. The summed E-state index contributed by atoms with van der Waals surface area (Å²) >= 11 is 1.46. The first-order chi connectivity index (χ1) is 31.7. The Morgan fingerprint density at radius 1 is 0.677 bits per heavy atom. The summed E-state index contributed by atoms with van der Waals surface area (Å²) in [5.74, 6) is -1.75. The molecular weight excluding hydrogens is 833 g/mol. The summed E-state index contributed by atoms with van der Waals surface area (Å²) in [4.78, 5) is 75.6. The largest absolute Gasteiger partial charge is 0.354 e. The van der Waals surface area contributed by atoms with Gasteiger partial charge in [0.05, 0.1) is 21.7 Å². The third-order valence-corrected chi connectivity index (χ3v) is 14.4. The van der Waals surface area contributed by atoms with Crippen LogP contribution < -0.4 is 21.3 Å². The predicted octanol–water partition coefficient (Wildman–Crippen LogP) is 8.71. The van der Waals surface area contributed by atoms with Crippen LogP contribution in [0.25, 0.3) is 10.4 Å². The minimum Gasteiger partial charge on any atom is -0.354 e. The molecule has 12 heteroatoms. The molecule has 2 aliphatic carbocycles. The minimum atomic E-state index is -0.723. The molecule has 1 saturated heterocycles. The molecule has 2 saturated carbocycles. The van der Waals surface area contributed by atoms with E-state index in [1.807, 2.05) is 48.5 Å². The van der Waals surface area contributed by atoms with Crippen molar-refractivity contribution in [3.05, 3.63) is 113 Å². The second-order valence-corrected chi connectivity index (χ2v) is 19.5. The third-order valence-electron chi connectivity index (χ3n) is 13.3. The SMILES string of the molecule is CCCCCCCCCC(=O)NC(Cc1ncc(-c2ccc(C(=O)N3C[C@@H](C(=O)N[C@H]4C[C@@H]4c4ccccc4)[C@H](C(=O)N[C@H]4C[C@@H]4c4ccccc4)C3)cc2)s1)C(=O)NCCCCCC. The van der Waals surface area contributed by atoms with Crippen LogP contribution >= 0.6 is 11.3 Å². The second-order valence-electron chi connectivity index (χ2n) is 18.4. The van der Waals surface area contributed by atoms with E-state index in [1.165, 1.54) is 48.1 Å². The maximum Gasteiger partial charge on any atom is 0.253 e. The van der Waals surface area contributed by atoms with Gasteiger partial charge < -0.3 is 26.2 Å². The van der Waals surface area contributed by atoms with Crippen molar-refractivity contribution in [1.82, 2.24) is 31.2 Å². The van der Waals surface area contributed by atoms with E-state index >= 15 is 0 Å². The van der Waals surface area contributed by atoms with Crippen molar-refractivity contribution in [1.29, 1.82) is 0 Å². The summed E-state index contributed by atoms with van der Waals surface area (Å²) in [6.45, 7) is 5.24. The maximum atomic E-state index is 14.1. The highest BCUT2D eigenvalue weighted by molar-refractivity contribution is 7.15. The van der Waals surface area contributed by atoms with Crippen LogP contribution in [-0.4, -0.2) is 77.2 Å². The van der Waals surface area contributed by atoms with Crippen molar-refractivity contribution < 1.29 is 24.0 Å². The van der Waals surface area contributed by atoms with Crippen molar-refractivity contribution in [2.75, 3.05) is 19.6 Å². The number of amides is 5. The number of carbonyl (C=O) groups is 5. The van der Waals surface area contributed by atoms with Gasteiger partial charge in [-0.15, -0.1) is 11.3 Å². The monoisotopic (exact) mass is 900 g/mol. The first kappa shape index (κ1) is 47.6. The summed E-state index contributed by atoms with van der Waals surface area (Å²) in [7, 11) is 0. The summed E-state index contributed by atoms with van der Waals surface area (Å²) in [6, 6.07) is 26.9. The van der Waals surface area contributed by atoms with Gasteiger partial charge in [-0.2, -0.15) is 0 Å². The fourth-order valence-electron chi connectivity index (χ4n) is 9.20. The number of rotatable bonds is 25. The van der Waals surface area contributed by atoms with E-state index in [2.05, 4.69) is 64.4 Å². The van der Waals surface area contributed by atoms with Gasteiger partial charge in [-0.1, -0.05) is 144 Å².